The van der Waals surface area contributed by atoms with E-state index in [1.54, 1.807) is 11.8 Å². The van der Waals surface area contributed by atoms with E-state index in [1.165, 1.54) is 12.8 Å². The average Bonchev–Trinajstić information content (AvgIpc) is 3.09. The van der Waals surface area contributed by atoms with E-state index < -0.39 is 11.5 Å². The Morgan fingerprint density at radius 2 is 1.78 bits per heavy atom. The number of rotatable bonds is 3. The average molecular weight is 317 g/mol. The fraction of sp³-hybridized carbons (Fsp3) is 0.529. The Labute approximate surface area is 136 Å². The molecular formula is C17H23N3O3. The van der Waals surface area contributed by atoms with E-state index >= 15 is 0 Å². The summed E-state index contributed by atoms with van der Waals surface area (Å²) in [6, 6.07) is 7.69. The zero-order valence-electron chi connectivity index (χ0n) is 13.5. The van der Waals surface area contributed by atoms with Crippen LogP contribution in [0.15, 0.2) is 24.3 Å². The van der Waals surface area contributed by atoms with Crippen LogP contribution >= 0.6 is 0 Å². The Morgan fingerprint density at radius 3 is 2.39 bits per heavy atom. The third-order valence-corrected chi connectivity index (χ3v) is 4.67. The minimum absolute atomic E-state index is 0.0891. The van der Waals surface area contributed by atoms with Crippen LogP contribution in [0.25, 0.3) is 0 Å². The van der Waals surface area contributed by atoms with Crippen LogP contribution in [0.5, 0.6) is 0 Å². The topological polar surface area (TPSA) is 75.9 Å². The maximum Gasteiger partial charge on any atom is 0.254 e. The lowest BCUT2D eigenvalue weighted by atomic mass is 10.0. The number of nitrogens with two attached hydrogens (primary N) is 1. The van der Waals surface area contributed by atoms with Crippen molar-refractivity contribution >= 4 is 17.5 Å². The molecule has 23 heavy (non-hydrogen) atoms. The third-order valence-electron chi connectivity index (χ3n) is 4.67. The largest absolute Gasteiger partial charge is 0.372 e. The molecule has 2 N–H and O–H groups in total. The summed E-state index contributed by atoms with van der Waals surface area (Å²) in [6.07, 6.45) is 2.44. The van der Waals surface area contributed by atoms with Gasteiger partial charge in [-0.3, -0.25) is 9.59 Å². The van der Waals surface area contributed by atoms with Gasteiger partial charge in [-0.25, -0.2) is 0 Å². The summed E-state index contributed by atoms with van der Waals surface area (Å²) in [5.74, 6) is -0.631. The summed E-state index contributed by atoms with van der Waals surface area (Å²) in [6.45, 7) is 4.76. The second-order valence-electron chi connectivity index (χ2n) is 6.41. The van der Waals surface area contributed by atoms with Gasteiger partial charge in [0.2, 0.25) is 0 Å². The Balaban J connectivity index is 1.71. The number of hydrogen-bond acceptors (Lipinski definition) is 4. The first-order chi connectivity index (χ1) is 11.0. The van der Waals surface area contributed by atoms with E-state index in [2.05, 4.69) is 4.90 Å². The molecule has 0 saturated carbocycles. The lowest BCUT2D eigenvalue weighted by molar-refractivity contribution is -0.150. The normalized spacial score (nSPS) is 24.7. The van der Waals surface area contributed by atoms with E-state index in [4.69, 9.17) is 10.5 Å². The minimum Gasteiger partial charge on any atom is -0.372 e. The van der Waals surface area contributed by atoms with Crippen LogP contribution in [0.4, 0.5) is 5.69 Å². The van der Waals surface area contributed by atoms with Crippen molar-refractivity contribution in [2.75, 3.05) is 37.7 Å². The standard InChI is InChI=1S/C17H23N3O3/c1-17(16(18)22)12-20(10-11-23-17)15(21)13-4-6-14(7-5-13)19-8-2-3-9-19/h4-7H,2-3,8-12H2,1H3,(H2,18,22). The van der Waals surface area contributed by atoms with Gasteiger partial charge in [-0.05, 0) is 44.0 Å². The van der Waals surface area contributed by atoms with E-state index in [9.17, 15) is 9.59 Å². The van der Waals surface area contributed by atoms with E-state index in [0.717, 1.165) is 18.8 Å². The van der Waals surface area contributed by atoms with Gasteiger partial charge < -0.3 is 20.3 Å². The molecule has 2 fully saturated rings. The number of nitrogens with zero attached hydrogens (tertiary/aromatic N) is 2. The molecule has 1 aromatic carbocycles. The van der Waals surface area contributed by atoms with Crippen molar-refractivity contribution in [2.24, 2.45) is 5.73 Å². The van der Waals surface area contributed by atoms with Gasteiger partial charge in [0.1, 0.15) is 0 Å². The second kappa shape index (κ2) is 6.20. The number of carbonyl (C=O) groups excluding carboxylic acids is 2. The number of morpholine rings is 1. The van der Waals surface area contributed by atoms with Gasteiger partial charge in [-0.1, -0.05) is 0 Å². The highest BCUT2D eigenvalue weighted by Gasteiger charge is 2.39. The minimum atomic E-state index is -1.11. The molecule has 2 aliphatic heterocycles. The van der Waals surface area contributed by atoms with Crippen molar-refractivity contribution in [1.29, 1.82) is 0 Å². The maximum atomic E-state index is 12.6. The Morgan fingerprint density at radius 1 is 1.13 bits per heavy atom. The summed E-state index contributed by atoms with van der Waals surface area (Å²) >= 11 is 0. The first-order valence-corrected chi connectivity index (χ1v) is 8.08. The molecule has 124 valence electrons. The van der Waals surface area contributed by atoms with Crippen LogP contribution in [-0.2, 0) is 9.53 Å². The highest BCUT2D eigenvalue weighted by Crippen LogP contribution is 2.23. The summed E-state index contributed by atoms with van der Waals surface area (Å²) < 4.78 is 5.45. The monoisotopic (exact) mass is 317 g/mol. The van der Waals surface area contributed by atoms with E-state index in [1.807, 2.05) is 24.3 Å². The number of benzene rings is 1. The lowest BCUT2D eigenvalue weighted by Gasteiger charge is -2.38. The van der Waals surface area contributed by atoms with Gasteiger partial charge in [0.15, 0.2) is 5.60 Å². The fourth-order valence-corrected chi connectivity index (χ4v) is 3.17. The molecule has 2 aliphatic rings. The predicted octanol–water partition coefficient (Wildman–Crippen LogP) is 1.00. The smallest absolute Gasteiger partial charge is 0.254 e. The highest BCUT2D eigenvalue weighted by atomic mass is 16.5. The number of anilines is 1. The molecule has 2 amide bonds. The van der Waals surface area contributed by atoms with Crippen LogP contribution in [0.3, 0.4) is 0 Å². The zero-order chi connectivity index (χ0) is 16.4. The number of ether oxygens (including phenoxy) is 1. The highest BCUT2D eigenvalue weighted by molar-refractivity contribution is 5.95. The Hall–Kier alpha value is -2.08. The fourth-order valence-electron chi connectivity index (χ4n) is 3.17. The van der Waals surface area contributed by atoms with Gasteiger partial charge in [0, 0.05) is 30.9 Å². The summed E-state index contributed by atoms with van der Waals surface area (Å²) in [4.78, 5) is 28.1. The number of primary amides is 1. The first-order valence-electron chi connectivity index (χ1n) is 8.08. The maximum absolute atomic E-state index is 12.6. The van der Waals surface area contributed by atoms with Crippen molar-refractivity contribution < 1.29 is 14.3 Å². The molecule has 1 aromatic rings. The molecule has 0 bridgehead atoms. The summed E-state index contributed by atoms with van der Waals surface area (Å²) in [5, 5.41) is 0. The second-order valence-corrected chi connectivity index (χ2v) is 6.41. The molecule has 6 nitrogen and oxygen atoms in total. The molecule has 0 aliphatic carbocycles. The van der Waals surface area contributed by atoms with Crippen molar-refractivity contribution in [3.05, 3.63) is 29.8 Å². The van der Waals surface area contributed by atoms with Crippen LogP contribution in [-0.4, -0.2) is 55.1 Å². The van der Waals surface area contributed by atoms with Crippen LogP contribution < -0.4 is 10.6 Å². The first kappa shape index (κ1) is 15.8. The SMILES string of the molecule is CC1(C(N)=O)CN(C(=O)c2ccc(N3CCCC3)cc2)CCO1. The van der Waals surface area contributed by atoms with Gasteiger partial charge in [0.25, 0.3) is 11.8 Å². The molecule has 1 unspecified atom stereocenters. The van der Waals surface area contributed by atoms with Crippen molar-refractivity contribution in [3.8, 4) is 0 Å². The lowest BCUT2D eigenvalue weighted by Crippen LogP contribution is -2.58. The van der Waals surface area contributed by atoms with Gasteiger partial charge in [-0.2, -0.15) is 0 Å². The molecule has 0 radical (unpaired) electrons. The third kappa shape index (κ3) is 3.17. The molecule has 2 saturated heterocycles. The molecule has 3 rings (SSSR count). The predicted molar refractivity (Wildman–Crippen MR) is 87.3 cm³/mol. The Kier molecular flexibility index (Phi) is 4.26. The zero-order valence-corrected chi connectivity index (χ0v) is 13.5. The quantitative estimate of drug-likeness (QED) is 0.902. The number of amides is 2. The summed E-state index contributed by atoms with van der Waals surface area (Å²) in [5.41, 5.74) is 6.06. The summed E-state index contributed by atoms with van der Waals surface area (Å²) in [7, 11) is 0. The van der Waals surface area contributed by atoms with E-state index in [-0.39, 0.29) is 12.5 Å². The molecular weight excluding hydrogens is 294 g/mol. The van der Waals surface area contributed by atoms with Crippen LogP contribution in [0, 0.1) is 0 Å². The molecule has 0 aromatic heterocycles. The van der Waals surface area contributed by atoms with Crippen LogP contribution in [0.2, 0.25) is 0 Å². The number of carbonyl (C=O) groups is 2. The van der Waals surface area contributed by atoms with Crippen LogP contribution in [0.1, 0.15) is 30.1 Å². The van der Waals surface area contributed by atoms with Crippen molar-refractivity contribution in [3.63, 3.8) is 0 Å². The van der Waals surface area contributed by atoms with Gasteiger partial charge in [0.05, 0.1) is 13.2 Å². The van der Waals surface area contributed by atoms with Crippen molar-refractivity contribution in [1.82, 2.24) is 4.90 Å². The Bertz CT molecular complexity index is 596. The van der Waals surface area contributed by atoms with Gasteiger partial charge >= 0.3 is 0 Å². The molecule has 0 spiro atoms. The molecule has 2 heterocycles. The molecule has 1 atom stereocenters. The molecule has 6 heteroatoms. The number of hydrogen-bond donors (Lipinski definition) is 1. The van der Waals surface area contributed by atoms with Gasteiger partial charge in [-0.15, -0.1) is 0 Å². The van der Waals surface area contributed by atoms with Crippen molar-refractivity contribution in [2.45, 2.75) is 25.4 Å². The van der Waals surface area contributed by atoms with E-state index in [0.29, 0.717) is 18.7 Å².